The largest absolute Gasteiger partial charge is 0.471 e. The van der Waals surface area contributed by atoms with Gasteiger partial charge < -0.3 is 14.9 Å². The highest BCUT2D eigenvalue weighted by molar-refractivity contribution is 5.83. The normalized spacial score (nSPS) is 12.3. The monoisotopic (exact) mass is 329 g/mol. The molecule has 23 heavy (non-hydrogen) atoms. The van der Waals surface area contributed by atoms with Crippen LogP contribution in [0.4, 0.5) is 13.2 Å². The molecule has 0 aliphatic heterocycles. The summed E-state index contributed by atoms with van der Waals surface area (Å²) in [7, 11) is 0. The van der Waals surface area contributed by atoms with Crippen LogP contribution in [-0.2, 0) is 17.5 Å². The van der Waals surface area contributed by atoms with Crippen molar-refractivity contribution in [1.29, 1.82) is 0 Å². The van der Waals surface area contributed by atoms with Crippen LogP contribution in [0.25, 0.3) is 11.4 Å². The second kappa shape index (κ2) is 5.99. The number of amides is 1. The summed E-state index contributed by atoms with van der Waals surface area (Å²) in [5, 5.41) is 15.3. The maximum absolute atomic E-state index is 12.4. The zero-order chi connectivity index (χ0) is 17.3. The Hall–Kier alpha value is -2.42. The molecule has 0 saturated heterocycles. The summed E-state index contributed by atoms with van der Waals surface area (Å²) >= 11 is 0. The van der Waals surface area contributed by atoms with Gasteiger partial charge in [0.1, 0.15) is 5.60 Å². The van der Waals surface area contributed by atoms with Gasteiger partial charge in [0.05, 0.1) is 0 Å². The molecule has 2 aromatic rings. The van der Waals surface area contributed by atoms with Gasteiger partial charge in [0.15, 0.2) is 0 Å². The van der Waals surface area contributed by atoms with Crippen LogP contribution in [0.3, 0.4) is 0 Å². The highest BCUT2D eigenvalue weighted by atomic mass is 19.4. The van der Waals surface area contributed by atoms with Crippen molar-refractivity contribution in [2.24, 2.45) is 0 Å². The molecule has 2 N–H and O–H groups in total. The first-order chi connectivity index (χ1) is 10.6. The van der Waals surface area contributed by atoms with Crippen molar-refractivity contribution in [3.05, 3.63) is 35.7 Å². The smallest absolute Gasteiger partial charge is 0.381 e. The summed E-state index contributed by atoms with van der Waals surface area (Å²) < 4.78 is 41.3. The van der Waals surface area contributed by atoms with Gasteiger partial charge in [0.25, 0.3) is 5.91 Å². The van der Waals surface area contributed by atoms with Gasteiger partial charge in [-0.15, -0.1) is 0 Å². The number of halogens is 3. The number of nitrogens with zero attached hydrogens (tertiary/aromatic N) is 2. The molecule has 0 aliphatic rings. The molecule has 0 spiro atoms. The van der Waals surface area contributed by atoms with Crippen LogP contribution in [-0.4, -0.2) is 26.8 Å². The molecule has 0 atom stereocenters. The van der Waals surface area contributed by atoms with E-state index in [1.807, 2.05) is 0 Å². The third-order valence-electron chi connectivity index (χ3n) is 2.89. The molecular formula is C14H14F3N3O3. The average molecular weight is 329 g/mol. The number of carbonyl (C=O) groups is 1. The Balaban J connectivity index is 2.05. The number of hydrogen-bond acceptors (Lipinski definition) is 5. The summed E-state index contributed by atoms with van der Waals surface area (Å²) in [5.74, 6) is -2.12. The van der Waals surface area contributed by atoms with E-state index in [1.165, 1.54) is 26.0 Å². The second-order valence-electron chi connectivity index (χ2n) is 5.36. The molecule has 1 aromatic heterocycles. The van der Waals surface area contributed by atoms with E-state index in [9.17, 15) is 23.1 Å². The van der Waals surface area contributed by atoms with Crippen molar-refractivity contribution in [2.75, 3.05) is 0 Å². The van der Waals surface area contributed by atoms with Gasteiger partial charge >= 0.3 is 12.1 Å². The van der Waals surface area contributed by atoms with Crippen molar-refractivity contribution >= 4 is 5.91 Å². The van der Waals surface area contributed by atoms with Crippen LogP contribution in [0.5, 0.6) is 0 Å². The number of hydrogen-bond donors (Lipinski definition) is 2. The van der Waals surface area contributed by atoms with Gasteiger partial charge in [-0.3, -0.25) is 4.79 Å². The topological polar surface area (TPSA) is 88.2 Å². The summed E-state index contributed by atoms with van der Waals surface area (Å²) in [6.07, 6.45) is -4.69. The fraction of sp³-hybridized carbons (Fsp3) is 0.357. The maximum atomic E-state index is 12.4. The minimum atomic E-state index is -4.69. The van der Waals surface area contributed by atoms with Crippen LogP contribution in [0, 0.1) is 0 Å². The van der Waals surface area contributed by atoms with E-state index >= 15 is 0 Å². The van der Waals surface area contributed by atoms with Crippen LogP contribution < -0.4 is 5.32 Å². The maximum Gasteiger partial charge on any atom is 0.471 e. The predicted octanol–water partition coefficient (Wildman–Crippen LogP) is 2.14. The standard InChI is InChI=1S/C14H14F3N3O3/c1-13(2,22)11(21)18-7-8-3-5-9(6-4-8)10-19-12(23-20-10)14(15,16)17/h3-6,22H,7H2,1-2H3,(H,18,21). The number of alkyl halides is 3. The van der Waals surface area contributed by atoms with Crippen molar-refractivity contribution in [3.8, 4) is 11.4 Å². The molecule has 2 rings (SSSR count). The second-order valence-corrected chi connectivity index (χ2v) is 5.36. The Morgan fingerprint density at radius 1 is 1.26 bits per heavy atom. The van der Waals surface area contributed by atoms with Crippen LogP contribution >= 0.6 is 0 Å². The van der Waals surface area contributed by atoms with Gasteiger partial charge in [-0.1, -0.05) is 29.4 Å². The Morgan fingerprint density at radius 2 is 1.87 bits per heavy atom. The molecular weight excluding hydrogens is 315 g/mol. The first-order valence-corrected chi connectivity index (χ1v) is 6.58. The van der Waals surface area contributed by atoms with E-state index in [0.717, 1.165) is 0 Å². The summed E-state index contributed by atoms with van der Waals surface area (Å²) in [6.45, 7) is 2.89. The molecule has 124 valence electrons. The van der Waals surface area contributed by atoms with E-state index in [-0.39, 0.29) is 12.4 Å². The summed E-state index contributed by atoms with van der Waals surface area (Å²) in [6, 6.07) is 6.22. The molecule has 0 unspecified atom stereocenters. The number of benzene rings is 1. The highest BCUT2D eigenvalue weighted by Gasteiger charge is 2.38. The predicted molar refractivity (Wildman–Crippen MR) is 72.9 cm³/mol. The van der Waals surface area contributed by atoms with Gasteiger partial charge in [-0.25, -0.2) is 0 Å². The van der Waals surface area contributed by atoms with E-state index in [1.54, 1.807) is 12.1 Å². The average Bonchev–Trinajstić information content (AvgIpc) is 2.94. The summed E-state index contributed by atoms with van der Waals surface area (Å²) in [4.78, 5) is 14.8. The van der Waals surface area contributed by atoms with E-state index in [0.29, 0.717) is 11.1 Å². The number of nitrogens with one attached hydrogen (secondary N) is 1. The third-order valence-corrected chi connectivity index (χ3v) is 2.89. The van der Waals surface area contributed by atoms with Gasteiger partial charge in [-0.05, 0) is 19.4 Å². The minimum absolute atomic E-state index is 0.170. The summed E-state index contributed by atoms with van der Waals surface area (Å²) in [5.41, 5.74) is -0.439. The number of carbonyl (C=O) groups excluding carboxylic acids is 1. The SMILES string of the molecule is CC(C)(O)C(=O)NCc1ccc(-c2noc(C(F)(F)F)n2)cc1. The van der Waals surface area contributed by atoms with Crippen molar-refractivity contribution in [1.82, 2.24) is 15.5 Å². The molecule has 6 nitrogen and oxygen atoms in total. The van der Waals surface area contributed by atoms with Crippen LogP contribution in [0.2, 0.25) is 0 Å². The molecule has 0 aliphatic carbocycles. The first kappa shape index (κ1) is 16.9. The minimum Gasteiger partial charge on any atom is -0.381 e. The number of aromatic nitrogens is 2. The van der Waals surface area contributed by atoms with Crippen molar-refractivity contribution in [3.63, 3.8) is 0 Å². The molecule has 1 aromatic carbocycles. The molecule has 0 radical (unpaired) electrons. The van der Waals surface area contributed by atoms with E-state index in [4.69, 9.17) is 0 Å². The lowest BCUT2D eigenvalue weighted by Gasteiger charge is -2.16. The van der Waals surface area contributed by atoms with Gasteiger partial charge in [0.2, 0.25) is 5.82 Å². The third kappa shape index (κ3) is 4.28. The quantitative estimate of drug-likeness (QED) is 0.897. The lowest BCUT2D eigenvalue weighted by Crippen LogP contribution is -2.41. The Labute approximate surface area is 129 Å². The zero-order valence-corrected chi connectivity index (χ0v) is 12.3. The van der Waals surface area contributed by atoms with Crippen molar-refractivity contribution < 1.29 is 27.6 Å². The lowest BCUT2D eigenvalue weighted by atomic mass is 10.1. The van der Waals surface area contributed by atoms with E-state index in [2.05, 4.69) is 20.0 Å². The van der Waals surface area contributed by atoms with Crippen LogP contribution in [0.15, 0.2) is 28.8 Å². The fourth-order valence-electron chi connectivity index (χ4n) is 1.63. The van der Waals surface area contributed by atoms with E-state index < -0.39 is 23.6 Å². The number of rotatable bonds is 4. The van der Waals surface area contributed by atoms with Gasteiger partial charge in [-0.2, -0.15) is 18.2 Å². The van der Waals surface area contributed by atoms with Crippen molar-refractivity contribution in [2.45, 2.75) is 32.2 Å². The Morgan fingerprint density at radius 3 is 2.35 bits per heavy atom. The Bertz CT molecular complexity index is 688. The Kier molecular flexibility index (Phi) is 4.42. The molecule has 0 bridgehead atoms. The molecule has 0 saturated carbocycles. The zero-order valence-electron chi connectivity index (χ0n) is 12.3. The fourth-order valence-corrected chi connectivity index (χ4v) is 1.63. The number of aliphatic hydroxyl groups is 1. The highest BCUT2D eigenvalue weighted by Crippen LogP contribution is 2.29. The molecule has 1 amide bonds. The van der Waals surface area contributed by atoms with Crippen LogP contribution in [0.1, 0.15) is 25.3 Å². The first-order valence-electron chi connectivity index (χ1n) is 6.58. The van der Waals surface area contributed by atoms with Gasteiger partial charge in [0, 0.05) is 12.1 Å². The lowest BCUT2D eigenvalue weighted by molar-refractivity contribution is -0.159. The molecule has 1 heterocycles. The molecule has 0 fully saturated rings. The molecule has 9 heteroatoms.